The van der Waals surface area contributed by atoms with E-state index in [1.807, 2.05) is 29.2 Å². The highest BCUT2D eigenvalue weighted by Gasteiger charge is 2.25. The van der Waals surface area contributed by atoms with Crippen LogP contribution < -0.4 is 16.0 Å². The average molecular weight is 972 g/mol. The molecule has 8 N–H and O–H groups in total. The van der Waals surface area contributed by atoms with Crippen molar-refractivity contribution in [3.8, 4) is 0 Å². The normalized spacial score (nSPS) is 15.7. The number of unbranched alkanes of at least 4 members (excludes halogenated alkanes) is 2. The largest absolute Gasteiger partial charge is 0.481 e. The van der Waals surface area contributed by atoms with Gasteiger partial charge in [0.05, 0.1) is 32.2 Å². The Kier molecular flexibility index (Phi) is 25.7. The molecule has 1 saturated heterocycles. The van der Waals surface area contributed by atoms with E-state index in [-0.39, 0.29) is 116 Å². The van der Waals surface area contributed by atoms with Crippen LogP contribution in [-0.2, 0) is 44.9 Å². The molecule has 2 rings (SSSR count). The Labute approximate surface area is 380 Å². The zero-order valence-electron chi connectivity index (χ0n) is 36.3. The highest BCUT2D eigenvalue weighted by Crippen LogP contribution is 2.15. The zero-order valence-corrected chi connectivity index (χ0v) is 37.8. The average Bonchev–Trinajstić information content (AvgIpc) is 3.20. The summed E-state index contributed by atoms with van der Waals surface area (Å²) in [7, 11) is 0. The Morgan fingerprint density at radius 1 is 0.609 bits per heavy atom. The van der Waals surface area contributed by atoms with Crippen molar-refractivity contribution >= 4 is 69.4 Å². The van der Waals surface area contributed by atoms with Crippen molar-refractivity contribution in [3.05, 3.63) is 34.3 Å². The summed E-state index contributed by atoms with van der Waals surface area (Å²) in [6.45, 7) is 3.31. The SMILES string of the molecule is CC(=O)C(CCC(=O)O)NC(=O)NC(CCCCN(Cc1ccc(Br)cc1)C(=O)CCCCNC(=O)CN1CCN(CC(=O)O)CCN(CC(=O)O)CCN(CC(=O)O)CC1)C(=O)O. The van der Waals surface area contributed by atoms with Crippen molar-refractivity contribution in [3.63, 3.8) is 0 Å². The number of amides is 4. The van der Waals surface area contributed by atoms with Crippen LogP contribution >= 0.6 is 15.9 Å². The number of urea groups is 1. The van der Waals surface area contributed by atoms with Gasteiger partial charge in [0, 0.05) is 89.3 Å². The lowest BCUT2D eigenvalue weighted by Gasteiger charge is -2.32. The Bertz CT molecular complexity index is 1690. The molecular formula is C41H63BrN8O14. The fourth-order valence-electron chi connectivity index (χ4n) is 6.84. The van der Waals surface area contributed by atoms with E-state index in [0.29, 0.717) is 45.3 Å². The first-order chi connectivity index (χ1) is 30.3. The lowest BCUT2D eigenvalue weighted by Crippen LogP contribution is -2.50. The van der Waals surface area contributed by atoms with Crippen molar-refractivity contribution in [2.45, 2.75) is 76.9 Å². The van der Waals surface area contributed by atoms with Gasteiger partial charge in [0.2, 0.25) is 11.8 Å². The Hall–Kier alpha value is -5.23. The maximum absolute atomic E-state index is 13.5. The molecule has 23 heteroatoms. The molecule has 1 aromatic rings. The lowest BCUT2D eigenvalue weighted by atomic mass is 10.1. The third-order valence-corrected chi connectivity index (χ3v) is 10.9. The predicted molar refractivity (Wildman–Crippen MR) is 233 cm³/mol. The minimum atomic E-state index is -1.30. The molecule has 0 saturated carbocycles. The number of carbonyl (C=O) groups excluding carboxylic acids is 4. The second-order valence-electron chi connectivity index (χ2n) is 15.6. The van der Waals surface area contributed by atoms with Gasteiger partial charge in [-0.05, 0) is 63.1 Å². The summed E-state index contributed by atoms with van der Waals surface area (Å²) in [5.41, 5.74) is 0.868. The molecule has 358 valence electrons. The third-order valence-electron chi connectivity index (χ3n) is 10.4. The van der Waals surface area contributed by atoms with Crippen molar-refractivity contribution in [2.24, 2.45) is 0 Å². The monoisotopic (exact) mass is 970 g/mol. The number of aliphatic carboxylic acids is 5. The molecule has 0 bridgehead atoms. The minimum absolute atomic E-state index is 0.0224. The van der Waals surface area contributed by atoms with E-state index in [2.05, 4.69) is 31.9 Å². The lowest BCUT2D eigenvalue weighted by molar-refractivity contribution is -0.140. The maximum atomic E-state index is 13.5. The van der Waals surface area contributed by atoms with Crippen LogP contribution in [0.2, 0.25) is 0 Å². The molecular weight excluding hydrogens is 908 g/mol. The Morgan fingerprint density at radius 3 is 1.55 bits per heavy atom. The molecule has 1 fully saturated rings. The van der Waals surface area contributed by atoms with E-state index in [4.69, 9.17) is 5.11 Å². The van der Waals surface area contributed by atoms with Crippen molar-refractivity contribution < 1.29 is 68.7 Å². The van der Waals surface area contributed by atoms with E-state index in [0.717, 1.165) is 10.0 Å². The summed E-state index contributed by atoms with van der Waals surface area (Å²) < 4.78 is 0.860. The number of carbonyl (C=O) groups is 9. The Morgan fingerprint density at radius 2 is 1.09 bits per heavy atom. The van der Waals surface area contributed by atoms with E-state index >= 15 is 0 Å². The van der Waals surface area contributed by atoms with Crippen LogP contribution in [0.4, 0.5) is 4.79 Å². The number of carboxylic acids is 5. The highest BCUT2D eigenvalue weighted by atomic mass is 79.9. The minimum Gasteiger partial charge on any atom is -0.481 e. The van der Waals surface area contributed by atoms with Gasteiger partial charge >= 0.3 is 35.9 Å². The van der Waals surface area contributed by atoms with Crippen LogP contribution in [0.3, 0.4) is 0 Å². The molecule has 1 aromatic carbocycles. The van der Waals surface area contributed by atoms with Crippen LogP contribution in [0.1, 0.15) is 63.9 Å². The Balaban J connectivity index is 1.96. The van der Waals surface area contributed by atoms with Crippen LogP contribution in [0.15, 0.2) is 28.7 Å². The number of benzene rings is 1. The molecule has 2 unspecified atom stereocenters. The van der Waals surface area contributed by atoms with Gasteiger partial charge in [0.25, 0.3) is 0 Å². The van der Waals surface area contributed by atoms with Crippen LogP contribution in [0, 0.1) is 0 Å². The smallest absolute Gasteiger partial charge is 0.326 e. The van der Waals surface area contributed by atoms with E-state index in [1.165, 1.54) is 6.92 Å². The molecule has 64 heavy (non-hydrogen) atoms. The summed E-state index contributed by atoms with van der Waals surface area (Å²) >= 11 is 3.40. The van der Waals surface area contributed by atoms with Crippen LogP contribution in [0.5, 0.6) is 0 Å². The number of nitrogens with zero attached hydrogens (tertiary/aromatic N) is 5. The molecule has 1 heterocycles. The molecule has 1 aliphatic heterocycles. The van der Waals surface area contributed by atoms with Gasteiger partial charge in [0.1, 0.15) is 6.04 Å². The van der Waals surface area contributed by atoms with Gasteiger partial charge in [-0.25, -0.2) is 9.59 Å². The molecule has 1 aliphatic rings. The fourth-order valence-corrected chi connectivity index (χ4v) is 7.11. The first-order valence-corrected chi connectivity index (χ1v) is 22.0. The van der Waals surface area contributed by atoms with E-state index in [1.54, 1.807) is 19.6 Å². The van der Waals surface area contributed by atoms with Crippen molar-refractivity contribution in [1.29, 1.82) is 0 Å². The van der Waals surface area contributed by atoms with E-state index < -0.39 is 53.7 Å². The number of hydrogen-bond donors (Lipinski definition) is 8. The number of rotatable bonds is 27. The predicted octanol–water partition coefficient (Wildman–Crippen LogP) is 0.285. The number of nitrogens with one attached hydrogen (secondary N) is 3. The van der Waals surface area contributed by atoms with E-state index in [9.17, 15) is 63.6 Å². The van der Waals surface area contributed by atoms with Gasteiger partial charge in [-0.1, -0.05) is 28.1 Å². The van der Waals surface area contributed by atoms with Gasteiger partial charge in [-0.3, -0.25) is 53.2 Å². The molecule has 22 nitrogen and oxygen atoms in total. The number of carboxylic acid groups (broad SMARTS) is 5. The first kappa shape index (κ1) is 54.9. The van der Waals surface area contributed by atoms with Gasteiger partial charge in [-0.15, -0.1) is 0 Å². The fraction of sp³-hybridized carbons (Fsp3) is 0.634. The standard InChI is InChI=1S/C41H63BrN8O14/c1-29(51)32(12-13-36(54)55)44-41(64)45-33(40(62)63)6-3-5-15-50(24-30-8-10-31(42)11-9-30)35(53)7-2-4-14-43-34(52)25-46-16-18-47(26-37(56)57)20-22-49(28-39(60)61)23-21-48(19-17-46)27-38(58)59/h8-11,32-33H,2-7,12-28H2,1H3,(H,43,52)(H,54,55)(H,56,57)(H,58,59)(H,60,61)(H,62,63)(H2,44,45,64). The van der Waals surface area contributed by atoms with Crippen LogP contribution in [0.25, 0.3) is 0 Å². The first-order valence-electron chi connectivity index (χ1n) is 21.2. The molecule has 0 aromatic heterocycles. The number of hydrogen-bond acceptors (Lipinski definition) is 13. The second-order valence-corrected chi connectivity index (χ2v) is 16.6. The summed E-state index contributed by atoms with van der Waals surface area (Å²) in [6, 6.07) is 4.12. The quantitative estimate of drug-likeness (QED) is 0.0550. The van der Waals surface area contributed by atoms with Gasteiger partial charge in [-0.2, -0.15) is 0 Å². The number of halogens is 1. The summed E-state index contributed by atoms with van der Waals surface area (Å²) in [5, 5.41) is 54.5. The van der Waals surface area contributed by atoms with Gasteiger partial charge < -0.3 is 46.4 Å². The molecule has 2 atom stereocenters. The third kappa shape index (κ3) is 24.6. The molecule has 0 aliphatic carbocycles. The topological polar surface area (TPSA) is 307 Å². The molecule has 0 radical (unpaired) electrons. The maximum Gasteiger partial charge on any atom is 0.326 e. The second kappa shape index (κ2) is 30.0. The highest BCUT2D eigenvalue weighted by molar-refractivity contribution is 9.10. The van der Waals surface area contributed by atoms with Gasteiger partial charge in [0.15, 0.2) is 5.78 Å². The summed E-state index contributed by atoms with van der Waals surface area (Å²) in [5.74, 6) is -6.54. The number of ketones is 1. The van der Waals surface area contributed by atoms with Crippen molar-refractivity contribution in [1.82, 2.24) is 40.4 Å². The van der Waals surface area contributed by atoms with Crippen LogP contribution in [-0.4, -0.2) is 207 Å². The van der Waals surface area contributed by atoms with Crippen molar-refractivity contribution in [2.75, 3.05) is 91.6 Å². The summed E-state index contributed by atoms with van der Waals surface area (Å²) in [4.78, 5) is 117. The molecule has 0 spiro atoms. The molecule has 4 amide bonds. The summed E-state index contributed by atoms with van der Waals surface area (Å²) in [6.07, 6.45) is 1.32. The number of Topliss-reactive ketones (excluding diaryl/α,β-unsaturated/α-hetero) is 1. The zero-order chi connectivity index (χ0) is 47.6.